The Hall–Kier alpha value is -1.24. The van der Waals surface area contributed by atoms with E-state index in [-0.39, 0.29) is 6.42 Å². The van der Waals surface area contributed by atoms with E-state index < -0.39 is 17.6 Å². The Bertz CT molecular complexity index is 647. The summed E-state index contributed by atoms with van der Waals surface area (Å²) in [5.74, 6) is 2.59. The summed E-state index contributed by atoms with van der Waals surface area (Å²) in [5.41, 5.74) is 4.87. The van der Waals surface area contributed by atoms with E-state index in [9.17, 15) is 15.0 Å². The van der Waals surface area contributed by atoms with Crippen molar-refractivity contribution in [3.05, 3.63) is 29.8 Å². The number of aliphatic hydroxyl groups is 1. The van der Waals surface area contributed by atoms with Gasteiger partial charge in [-0.05, 0) is 54.5 Å². The van der Waals surface area contributed by atoms with E-state index >= 15 is 0 Å². The molecule has 0 aliphatic heterocycles. The first kappa shape index (κ1) is 21.5. The van der Waals surface area contributed by atoms with E-state index in [0.717, 1.165) is 36.0 Å². The number of nitrogens with two attached hydrogens (primary N) is 1. The minimum atomic E-state index is -1.98. The van der Waals surface area contributed by atoms with Gasteiger partial charge in [0.05, 0.1) is 12.6 Å². The normalized spacial score (nSPS) is 19.8. The standard InChI is InChI=1S/C22H33NO4S/c23-20(15-28-12-10-17-8-9-17)22(26,21(24)25)14-18-3-1-5-19(13-18)27-11-2-4-16-6-7-16/h1,3,5,13,16-17,20,26H,2,4,6-12,14-15,23H2,(H,24,25)/t20-,22+/m0/s1. The van der Waals surface area contributed by atoms with E-state index in [1.165, 1.54) is 32.1 Å². The van der Waals surface area contributed by atoms with Crippen molar-refractivity contribution in [3.8, 4) is 5.75 Å². The van der Waals surface area contributed by atoms with E-state index in [1.54, 1.807) is 11.8 Å². The average Bonchev–Trinajstić information content (AvgIpc) is 3.57. The molecule has 0 amide bonds. The summed E-state index contributed by atoms with van der Waals surface area (Å²) in [7, 11) is 0. The molecule has 0 aromatic heterocycles. The number of aliphatic carboxylic acids is 1. The zero-order valence-corrected chi connectivity index (χ0v) is 17.3. The molecule has 0 heterocycles. The van der Waals surface area contributed by atoms with Gasteiger partial charge in [0.1, 0.15) is 5.75 Å². The lowest BCUT2D eigenvalue weighted by atomic mass is 9.88. The summed E-state index contributed by atoms with van der Waals surface area (Å²) in [6, 6.07) is 6.52. The molecule has 156 valence electrons. The molecular formula is C22H33NO4S. The van der Waals surface area contributed by atoms with Crippen LogP contribution < -0.4 is 10.5 Å². The average molecular weight is 408 g/mol. The van der Waals surface area contributed by atoms with Crippen LogP contribution in [0.3, 0.4) is 0 Å². The summed E-state index contributed by atoms with van der Waals surface area (Å²) >= 11 is 1.64. The first-order valence-electron chi connectivity index (χ1n) is 10.5. The van der Waals surface area contributed by atoms with Crippen molar-refractivity contribution in [1.82, 2.24) is 0 Å². The highest BCUT2D eigenvalue weighted by Gasteiger charge is 2.42. The van der Waals surface area contributed by atoms with Gasteiger partial charge in [-0.15, -0.1) is 0 Å². The minimum Gasteiger partial charge on any atom is -0.494 e. The molecule has 0 bridgehead atoms. The summed E-state index contributed by atoms with van der Waals surface area (Å²) < 4.78 is 5.80. The molecule has 1 aromatic rings. The van der Waals surface area contributed by atoms with E-state index in [0.29, 0.717) is 18.1 Å². The van der Waals surface area contributed by atoms with Crippen LogP contribution in [0, 0.1) is 11.8 Å². The van der Waals surface area contributed by atoms with Gasteiger partial charge in [-0.1, -0.05) is 37.8 Å². The molecule has 5 nitrogen and oxygen atoms in total. The number of hydrogen-bond donors (Lipinski definition) is 3. The van der Waals surface area contributed by atoms with Crippen molar-refractivity contribution < 1.29 is 19.7 Å². The molecule has 0 radical (unpaired) electrons. The van der Waals surface area contributed by atoms with Crippen molar-refractivity contribution in [2.75, 3.05) is 18.1 Å². The topological polar surface area (TPSA) is 92.8 Å². The van der Waals surface area contributed by atoms with Crippen LogP contribution in [0.2, 0.25) is 0 Å². The van der Waals surface area contributed by atoms with Gasteiger partial charge < -0.3 is 20.7 Å². The Balaban J connectivity index is 1.50. The van der Waals surface area contributed by atoms with Crippen LogP contribution in [0.15, 0.2) is 24.3 Å². The molecule has 0 spiro atoms. The Kier molecular flexibility index (Phi) is 7.66. The fourth-order valence-corrected chi connectivity index (χ4v) is 4.59. The predicted octanol–water partition coefficient (Wildman–Crippen LogP) is 3.47. The van der Waals surface area contributed by atoms with Gasteiger partial charge in [-0.25, -0.2) is 4.79 Å². The van der Waals surface area contributed by atoms with Crippen molar-refractivity contribution in [3.63, 3.8) is 0 Å². The maximum Gasteiger partial charge on any atom is 0.337 e. The quantitative estimate of drug-likeness (QED) is 0.409. The SMILES string of the molecule is N[C@@H](CSCCC1CC1)[C@](O)(Cc1cccc(OCCCC2CC2)c1)C(=O)O. The zero-order valence-electron chi connectivity index (χ0n) is 16.5. The molecular weight excluding hydrogens is 374 g/mol. The summed E-state index contributed by atoms with van der Waals surface area (Å²) in [4.78, 5) is 11.8. The van der Waals surface area contributed by atoms with Crippen molar-refractivity contribution in [2.24, 2.45) is 17.6 Å². The monoisotopic (exact) mass is 407 g/mol. The predicted molar refractivity (Wildman–Crippen MR) is 113 cm³/mol. The van der Waals surface area contributed by atoms with E-state index in [2.05, 4.69) is 0 Å². The van der Waals surface area contributed by atoms with E-state index in [4.69, 9.17) is 10.5 Å². The molecule has 2 aliphatic carbocycles. The highest BCUT2D eigenvalue weighted by Crippen LogP contribution is 2.34. The number of benzene rings is 1. The first-order chi connectivity index (χ1) is 13.5. The van der Waals surface area contributed by atoms with Gasteiger partial charge in [-0.3, -0.25) is 0 Å². The minimum absolute atomic E-state index is 0.0219. The first-order valence-corrected chi connectivity index (χ1v) is 11.6. The molecule has 2 aliphatic rings. The van der Waals surface area contributed by atoms with Gasteiger partial charge >= 0.3 is 5.97 Å². The number of carboxylic acid groups (broad SMARTS) is 1. The second-order valence-corrected chi connectivity index (χ2v) is 9.55. The lowest BCUT2D eigenvalue weighted by Crippen LogP contribution is -2.56. The largest absolute Gasteiger partial charge is 0.494 e. The van der Waals surface area contributed by atoms with E-state index in [1.807, 2.05) is 24.3 Å². The van der Waals surface area contributed by atoms with Gasteiger partial charge in [-0.2, -0.15) is 11.8 Å². The molecule has 3 rings (SSSR count). The smallest absolute Gasteiger partial charge is 0.337 e. The van der Waals surface area contributed by atoms with Gasteiger partial charge in [0.25, 0.3) is 0 Å². The van der Waals surface area contributed by atoms with Gasteiger partial charge in [0.2, 0.25) is 0 Å². The third kappa shape index (κ3) is 6.68. The Morgan fingerprint density at radius 1 is 1.25 bits per heavy atom. The summed E-state index contributed by atoms with van der Waals surface area (Å²) in [5, 5.41) is 20.5. The van der Waals surface area contributed by atoms with Gasteiger partial charge in [0, 0.05) is 12.2 Å². The summed E-state index contributed by atoms with van der Waals surface area (Å²) in [6.45, 7) is 0.667. The molecule has 0 saturated heterocycles. The molecule has 2 saturated carbocycles. The van der Waals surface area contributed by atoms with Crippen LogP contribution in [0.1, 0.15) is 50.5 Å². The van der Waals surface area contributed by atoms with Crippen LogP contribution in [0.4, 0.5) is 0 Å². The fraction of sp³-hybridized carbons (Fsp3) is 0.682. The fourth-order valence-electron chi connectivity index (χ4n) is 3.39. The molecule has 6 heteroatoms. The number of carbonyl (C=O) groups is 1. The van der Waals surface area contributed by atoms with Crippen LogP contribution in [-0.4, -0.2) is 45.9 Å². The Morgan fingerprint density at radius 3 is 2.64 bits per heavy atom. The van der Waals surface area contributed by atoms with Crippen LogP contribution in [0.5, 0.6) is 5.75 Å². The zero-order chi connectivity index (χ0) is 20.0. The number of hydrogen-bond acceptors (Lipinski definition) is 5. The third-order valence-electron chi connectivity index (χ3n) is 5.74. The van der Waals surface area contributed by atoms with Crippen molar-refractivity contribution in [1.29, 1.82) is 0 Å². The lowest BCUT2D eigenvalue weighted by Gasteiger charge is -2.30. The van der Waals surface area contributed by atoms with Crippen LogP contribution in [0.25, 0.3) is 0 Å². The molecule has 28 heavy (non-hydrogen) atoms. The molecule has 2 atom stereocenters. The number of rotatable bonds is 14. The number of ether oxygens (including phenoxy) is 1. The second-order valence-electron chi connectivity index (χ2n) is 8.40. The molecule has 1 aromatic carbocycles. The van der Waals surface area contributed by atoms with Crippen LogP contribution in [-0.2, 0) is 11.2 Å². The molecule has 2 fully saturated rings. The number of carboxylic acids is 1. The maximum atomic E-state index is 11.8. The number of thioether (sulfide) groups is 1. The second kappa shape index (κ2) is 9.99. The highest BCUT2D eigenvalue weighted by atomic mass is 32.2. The highest BCUT2D eigenvalue weighted by molar-refractivity contribution is 7.99. The Labute approximate surface area is 172 Å². The third-order valence-corrected chi connectivity index (χ3v) is 6.86. The lowest BCUT2D eigenvalue weighted by molar-refractivity contribution is -0.160. The molecule has 4 N–H and O–H groups in total. The molecule has 0 unspecified atom stereocenters. The van der Waals surface area contributed by atoms with Crippen molar-refractivity contribution in [2.45, 2.75) is 63.0 Å². The maximum absolute atomic E-state index is 11.8. The summed E-state index contributed by atoms with van der Waals surface area (Å²) in [6.07, 6.45) is 8.71. The van der Waals surface area contributed by atoms with Crippen molar-refractivity contribution >= 4 is 17.7 Å². The van der Waals surface area contributed by atoms with Crippen LogP contribution >= 0.6 is 11.8 Å². The Morgan fingerprint density at radius 2 is 1.96 bits per heavy atom. The van der Waals surface area contributed by atoms with Gasteiger partial charge in [0.15, 0.2) is 5.60 Å².